The van der Waals surface area contributed by atoms with Crippen molar-refractivity contribution in [1.82, 2.24) is 4.90 Å². The van der Waals surface area contributed by atoms with Crippen LogP contribution >= 0.6 is 0 Å². The number of hydrogen-bond acceptors (Lipinski definition) is 4. The Hall–Kier alpha value is -2.22. The molecule has 1 rings (SSSR count). The molecule has 0 heterocycles. The van der Waals surface area contributed by atoms with Gasteiger partial charge in [0.1, 0.15) is 6.07 Å². The summed E-state index contributed by atoms with van der Waals surface area (Å²) in [4.78, 5) is 5.81. The first-order valence-electron chi connectivity index (χ1n) is 4.60. The van der Waals surface area contributed by atoms with E-state index in [1.165, 1.54) is 19.2 Å². The summed E-state index contributed by atoms with van der Waals surface area (Å²) in [6, 6.07) is 4.85. The molecule has 16 heavy (non-hydrogen) atoms. The molecule has 0 aromatic heterocycles. The molecule has 5 heteroatoms. The van der Waals surface area contributed by atoms with Gasteiger partial charge in [0.15, 0.2) is 11.5 Å². The molecule has 0 spiro atoms. The lowest BCUT2D eigenvalue weighted by molar-refractivity contribution is 0.373. The number of ether oxygens (including phenoxy) is 1. The number of rotatable bonds is 3. The van der Waals surface area contributed by atoms with Crippen LogP contribution < -0.4 is 4.74 Å². The highest BCUT2D eigenvalue weighted by Crippen LogP contribution is 2.33. The monoisotopic (exact) mass is 219 g/mol. The Morgan fingerprint density at radius 3 is 2.69 bits per heavy atom. The van der Waals surface area contributed by atoms with Crippen molar-refractivity contribution < 1.29 is 9.84 Å². The predicted molar refractivity (Wildman–Crippen MR) is 61.2 cm³/mol. The minimum Gasteiger partial charge on any atom is -0.504 e. The van der Waals surface area contributed by atoms with Crippen LogP contribution in [-0.4, -0.2) is 37.6 Å². The van der Waals surface area contributed by atoms with Gasteiger partial charge in [-0.1, -0.05) is 0 Å². The molecule has 0 fully saturated rings. The standard InChI is InChI=1S/C11H13N3O2/c1-14(2)7-13-9-5-10(15)11(16-3)4-8(9)6-12/h4-5,7,15H,1-3H3/b13-7-. The van der Waals surface area contributed by atoms with E-state index in [9.17, 15) is 5.11 Å². The molecule has 0 radical (unpaired) electrons. The Morgan fingerprint density at radius 1 is 1.50 bits per heavy atom. The molecule has 0 aliphatic rings. The third kappa shape index (κ3) is 2.64. The minimum absolute atomic E-state index is 0.0348. The van der Waals surface area contributed by atoms with Gasteiger partial charge < -0.3 is 14.7 Å². The van der Waals surface area contributed by atoms with Gasteiger partial charge in [-0.3, -0.25) is 0 Å². The maximum atomic E-state index is 9.55. The van der Waals surface area contributed by atoms with Gasteiger partial charge in [-0.25, -0.2) is 4.99 Å². The summed E-state index contributed by atoms with van der Waals surface area (Å²) in [7, 11) is 5.07. The highest BCUT2D eigenvalue weighted by molar-refractivity contribution is 5.68. The molecule has 1 N–H and O–H groups in total. The van der Waals surface area contributed by atoms with Crippen LogP contribution in [0.15, 0.2) is 17.1 Å². The van der Waals surface area contributed by atoms with Crippen molar-refractivity contribution in [1.29, 1.82) is 5.26 Å². The van der Waals surface area contributed by atoms with E-state index in [2.05, 4.69) is 4.99 Å². The lowest BCUT2D eigenvalue weighted by atomic mass is 10.2. The van der Waals surface area contributed by atoms with Crippen LogP contribution in [0.25, 0.3) is 0 Å². The lowest BCUT2D eigenvalue weighted by Gasteiger charge is -2.07. The molecule has 0 bridgehead atoms. The number of benzene rings is 1. The van der Waals surface area contributed by atoms with Crippen molar-refractivity contribution in [3.05, 3.63) is 17.7 Å². The zero-order chi connectivity index (χ0) is 12.1. The van der Waals surface area contributed by atoms with Crippen molar-refractivity contribution in [2.45, 2.75) is 0 Å². The molecule has 0 saturated carbocycles. The highest BCUT2D eigenvalue weighted by atomic mass is 16.5. The smallest absolute Gasteiger partial charge is 0.161 e. The van der Waals surface area contributed by atoms with Gasteiger partial charge >= 0.3 is 0 Å². The second kappa shape index (κ2) is 5.03. The average molecular weight is 219 g/mol. The number of methoxy groups -OCH3 is 1. The Bertz CT molecular complexity index is 447. The number of hydrogen-bond donors (Lipinski definition) is 1. The van der Waals surface area contributed by atoms with E-state index in [4.69, 9.17) is 10.00 Å². The second-order valence-corrected chi connectivity index (χ2v) is 3.36. The number of phenols is 1. The van der Waals surface area contributed by atoms with E-state index in [1.807, 2.05) is 20.2 Å². The van der Waals surface area contributed by atoms with E-state index in [1.54, 1.807) is 11.2 Å². The van der Waals surface area contributed by atoms with Crippen molar-refractivity contribution in [3.8, 4) is 17.6 Å². The summed E-state index contributed by atoms with van der Waals surface area (Å²) < 4.78 is 4.90. The number of nitriles is 1. The minimum atomic E-state index is -0.0348. The summed E-state index contributed by atoms with van der Waals surface area (Å²) in [6.07, 6.45) is 1.56. The van der Waals surface area contributed by atoms with Gasteiger partial charge in [-0.15, -0.1) is 0 Å². The molecular weight excluding hydrogens is 206 g/mol. The molecule has 84 valence electrons. The molecule has 0 atom stereocenters. The number of aromatic hydroxyl groups is 1. The van der Waals surface area contributed by atoms with Crippen LogP contribution in [0.4, 0.5) is 5.69 Å². The van der Waals surface area contributed by atoms with Crippen molar-refractivity contribution >= 4 is 12.0 Å². The fraction of sp³-hybridized carbons (Fsp3) is 0.273. The molecule has 0 aliphatic carbocycles. The molecule has 1 aromatic rings. The fourth-order valence-corrected chi connectivity index (χ4v) is 1.09. The molecule has 0 unspecified atom stereocenters. The zero-order valence-electron chi connectivity index (χ0n) is 9.43. The number of nitrogens with zero attached hydrogens (tertiary/aromatic N) is 3. The largest absolute Gasteiger partial charge is 0.504 e. The summed E-state index contributed by atoms with van der Waals surface area (Å²) in [5, 5.41) is 18.5. The first-order chi connectivity index (χ1) is 7.58. The zero-order valence-corrected chi connectivity index (χ0v) is 9.43. The Labute approximate surface area is 94.2 Å². The number of aliphatic imine (C=N–C) groups is 1. The Kier molecular flexibility index (Phi) is 3.72. The molecular formula is C11H13N3O2. The van der Waals surface area contributed by atoms with Crippen LogP contribution in [0.5, 0.6) is 11.5 Å². The molecule has 5 nitrogen and oxygen atoms in total. The summed E-state index contributed by atoms with van der Waals surface area (Å²) in [5.74, 6) is 0.229. The average Bonchev–Trinajstić information content (AvgIpc) is 2.26. The first-order valence-corrected chi connectivity index (χ1v) is 4.60. The quantitative estimate of drug-likeness (QED) is 0.617. The summed E-state index contributed by atoms with van der Waals surface area (Å²) in [6.45, 7) is 0. The second-order valence-electron chi connectivity index (χ2n) is 3.36. The van der Waals surface area contributed by atoms with Gasteiger partial charge in [-0.2, -0.15) is 5.26 Å². The molecule has 0 amide bonds. The van der Waals surface area contributed by atoms with Crippen molar-refractivity contribution in [3.63, 3.8) is 0 Å². The van der Waals surface area contributed by atoms with Crippen molar-refractivity contribution in [2.24, 2.45) is 4.99 Å². The van der Waals surface area contributed by atoms with E-state index in [0.717, 1.165) is 0 Å². The van der Waals surface area contributed by atoms with Crippen LogP contribution in [-0.2, 0) is 0 Å². The van der Waals surface area contributed by atoms with E-state index in [0.29, 0.717) is 11.3 Å². The molecule has 0 saturated heterocycles. The third-order valence-corrected chi connectivity index (χ3v) is 1.85. The summed E-state index contributed by atoms with van der Waals surface area (Å²) in [5.41, 5.74) is 0.766. The molecule has 1 aromatic carbocycles. The van der Waals surface area contributed by atoms with Gasteiger partial charge in [0, 0.05) is 26.2 Å². The van der Waals surface area contributed by atoms with Gasteiger partial charge in [0.05, 0.1) is 24.7 Å². The third-order valence-electron chi connectivity index (χ3n) is 1.85. The van der Waals surface area contributed by atoms with E-state index >= 15 is 0 Å². The highest BCUT2D eigenvalue weighted by Gasteiger charge is 2.08. The topological polar surface area (TPSA) is 68.8 Å². The van der Waals surface area contributed by atoms with E-state index < -0.39 is 0 Å². The van der Waals surface area contributed by atoms with Crippen LogP contribution in [0.2, 0.25) is 0 Å². The van der Waals surface area contributed by atoms with Crippen LogP contribution in [0, 0.1) is 11.3 Å². The van der Waals surface area contributed by atoms with Gasteiger partial charge in [0.25, 0.3) is 0 Å². The van der Waals surface area contributed by atoms with E-state index in [-0.39, 0.29) is 11.5 Å². The maximum Gasteiger partial charge on any atom is 0.161 e. The first kappa shape index (κ1) is 11.9. The van der Waals surface area contributed by atoms with Crippen molar-refractivity contribution in [2.75, 3.05) is 21.2 Å². The SMILES string of the molecule is COc1cc(C#N)c(/N=C\N(C)C)cc1O. The Morgan fingerprint density at radius 2 is 2.19 bits per heavy atom. The molecule has 0 aliphatic heterocycles. The summed E-state index contributed by atoms with van der Waals surface area (Å²) >= 11 is 0. The van der Waals surface area contributed by atoms with Gasteiger partial charge in [0.2, 0.25) is 0 Å². The Balaban J connectivity index is 3.20. The van der Waals surface area contributed by atoms with Gasteiger partial charge in [-0.05, 0) is 0 Å². The fourth-order valence-electron chi connectivity index (χ4n) is 1.09. The van der Waals surface area contributed by atoms with Crippen LogP contribution in [0.1, 0.15) is 5.56 Å². The normalized spacial score (nSPS) is 10.1. The van der Waals surface area contributed by atoms with Crippen LogP contribution in [0.3, 0.4) is 0 Å². The number of phenolic OH excluding ortho intramolecular Hbond substituents is 1. The lowest BCUT2D eigenvalue weighted by Crippen LogP contribution is -2.07. The predicted octanol–water partition coefficient (Wildman–Crippen LogP) is 1.49. The maximum absolute atomic E-state index is 9.55.